The van der Waals surface area contributed by atoms with Gasteiger partial charge in [0.15, 0.2) is 0 Å². The average molecular weight is 381 g/mol. The van der Waals surface area contributed by atoms with Gasteiger partial charge in [0, 0.05) is 23.6 Å². The van der Waals surface area contributed by atoms with Crippen molar-refractivity contribution < 1.29 is 9.72 Å². The first-order valence-corrected chi connectivity index (χ1v) is 9.33. The second-order valence-electron chi connectivity index (χ2n) is 5.93. The van der Waals surface area contributed by atoms with E-state index in [9.17, 15) is 14.9 Å². The van der Waals surface area contributed by atoms with Crippen molar-refractivity contribution in [3.63, 3.8) is 0 Å². The third kappa shape index (κ3) is 5.22. The lowest BCUT2D eigenvalue weighted by Gasteiger charge is -2.22. The molecule has 0 saturated heterocycles. The van der Waals surface area contributed by atoms with Crippen LogP contribution in [0.1, 0.15) is 10.4 Å². The fourth-order valence-electron chi connectivity index (χ4n) is 2.66. The highest BCUT2D eigenvalue weighted by atomic mass is 32.1. The van der Waals surface area contributed by atoms with Crippen LogP contribution in [0, 0.1) is 10.1 Å². The number of hydrogen-bond donors (Lipinski definition) is 1. The number of nitrogens with one attached hydrogen (secondary N) is 1. The largest absolute Gasteiger partial charge is 0.306 e. The quantitative estimate of drug-likeness (QED) is 0.473. The molecule has 0 unspecified atom stereocenters. The monoisotopic (exact) mass is 381 g/mol. The molecule has 0 saturated carbocycles. The first-order chi connectivity index (χ1) is 13.1. The van der Waals surface area contributed by atoms with Gasteiger partial charge in [-0.25, -0.2) is 0 Å². The molecule has 1 amide bonds. The maximum atomic E-state index is 12.8. The van der Waals surface area contributed by atoms with Crippen molar-refractivity contribution in [3.05, 3.63) is 92.7 Å². The Morgan fingerprint density at radius 3 is 2.59 bits per heavy atom. The van der Waals surface area contributed by atoms with Crippen LogP contribution in [0.5, 0.6) is 0 Å². The molecule has 2 aromatic carbocycles. The summed E-state index contributed by atoms with van der Waals surface area (Å²) in [6.45, 7) is 1.10. The number of amides is 1. The van der Waals surface area contributed by atoms with Crippen LogP contribution in [0.4, 0.5) is 11.4 Å². The number of carbonyl (C=O) groups excluding carboxylic acids is 1. The number of rotatable bonds is 8. The fraction of sp³-hybridized carbons (Fsp3) is 0.150. The molecule has 0 atom stereocenters. The summed E-state index contributed by atoms with van der Waals surface area (Å²) in [6, 6.07) is 19.9. The molecule has 0 radical (unpaired) electrons. The number of non-ortho nitro benzene ring substituents is 1. The van der Waals surface area contributed by atoms with Crippen molar-refractivity contribution in [2.24, 2.45) is 0 Å². The van der Waals surface area contributed by atoms with E-state index < -0.39 is 4.92 Å². The number of anilines is 1. The van der Waals surface area contributed by atoms with E-state index in [0.29, 0.717) is 18.8 Å². The molecule has 1 N–H and O–H groups in total. The molecule has 7 heteroatoms. The molecular formula is C20H19N3O3S. The summed E-state index contributed by atoms with van der Waals surface area (Å²) < 4.78 is 0. The number of nitro groups is 1. The Morgan fingerprint density at radius 2 is 1.89 bits per heavy atom. The molecule has 0 aliphatic rings. The lowest BCUT2D eigenvalue weighted by molar-refractivity contribution is -0.384. The Hall–Kier alpha value is -3.03. The van der Waals surface area contributed by atoms with Gasteiger partial charge < -0.3 is 10.2 Å². The highest BCUT2D eigenvalue weighted by Gasteiger charge is 2.19. The fourth-order valence-corrected chi connectivity index (χ4v) is 3.35. The van der Waals surface area contributed by atoms with Gasteiger partial charge in [-0.2, -0.15) is 0 Å². The summed E-state index contributed by atoms with van der Waals surface area (Å²) in [5, 5.41) is 16.2. The molecule has 6 nitrogen and oxygen atoms in total. The molecule has 0 aliphatic carbocycles. The van der Waals surface area contributed by atoms with Crippen LogP contribution in [0.15, 0.2) is 72.1 Å². The molecule has 1 aromatic heterocycles. The van der Waals surface area contributed by atoms with Gasteiger partial charge in [0.25, 0.3) is 5.69 Å². The maximum absolute atomic E-state index is 12.8. The normalized spacial score (nSPS) is 10.5. The van der Waals surface area contributed by atoms with Gasteiger partial charge in [-0.3, -0.25) is 14.9 Å². The predicted octanol–water partition coefficient (Wildman–Crippen LogP) is 3.98. The number of nitrogens with zero attached hydrogens (tertiary/aromatic N) is 2. The summed E-state index contributed by atoms with van der Waals surface area (Å²) in [4.78, 5) is 26.1. The van der Waals surface area contributed by atoms with Gasteiger partial charge >= 0.3 is 0 Å². The van der Waals surface area contributed by atoms with Crippen LogP contribution >= 0.6 is 11.3 Å². The van der Waals surface area contributed by atoms with Gasteiger partial charge in [-0.15, -0.1) is 11.3 Å². The Labute approximate surface area is 161 Å². The number of hydrogen-bond acceptors (Lipinski definition) is 5. The Morgan fingerprint density at radius 1 is 1.07 bits per heavy atom. The van der Waals surface area contributed by atoms with Gasteiger partial charge in [0.2, 0.25) is 5.91 Å². The minimum Gasteiger partial charge on any atom is -0.306 e. The third-order valence-electron chi connectivity index (χ3n) is 4.00. The van der Waals surface area contributed by atoms with Crippen molar-refractivity contribution in [2.75, 3.05) is 11.4 Å². The lowest BCUT2D eigenvalue weighted by Crippen LogP contribution is -2.37. The summed E-state index contributed by atoms with van der Waals surface area (Å²) >= 11 is 1.55. The van der Waals surface area contributed by atoms with E-state index >= 15 is 0 Å². The van der Waals surface area contributed by atoms with Crippen molar-refractivity contribution >= 4 is 28.6 Å². The van der Waals surface area contributed by atoms with Gasteiger partial charge in [-0.05, 0) is 23.1 Å². The van der Waals surface area contributed by atoms with Crippen LogP contribution in [0.25, 0.3) is 0 Å². The molecular weight excluding hydrogens is 362 g/mol. The van der Waals surface area contributed by atoms with E-state index in [4.69, 9.17) is 0 Å². The molecule has 3 rings (SSSR count). The number of thiophene rings is 1. The number of nitro benzene ring substituents is 1. The van der Waals surface area contributed by atoms with Crippen LogP contribution in [0.3, 0.4) is 0 Å². The highest BCUT2D eigenvalue weighted by molar-refractivity contribution is 7.09. The highest BCUT2D eigenvalue weighted by Crippen LogP contribution is 2.24. The van der Waals surface area contributed by atoms with Crippen molar-refractivity contribution in [2.45, 2.75) is 13.1 Å². The van der Waals surface area contributed by atoms with Gasteiger partial charge in [0.05, 0.1) is 23.7 Å². The first kappa shape index (κ1) is 18.8. The van der Waals surface area contributed by atoms with E-state index in [1.165, 1.54) is 12.1 Å². The molecule has 3 aromatic rings. The molecule has 27 heavy (non-hydrogen) atoms. The zero-order valence-electron chi connectivity index (χ0n) is 14.6. The van der Waals surface area contributed by atoms with E-state index in [2.05, 4.69) is 5.32 Å². The van der Waals surface area contributed by atoms with Crippen molar-refractivity contribution in [1.29, 1.82) is 0 Å². The topological polar surface area (TPSA) is 75.5 Å². The minimum atomic E-state index is -0.453. The second-order valence-corrected chi connectivity index (χ2v) is 6.96. The average Bonchev–Trinajstić information content (AvgIpc) is 3.20. The van der Waals surface area contributed by atoms with Crippen LogP contribution in [-0.2, 0) is 17.9 Å². The molecule has 1 heterocycles. The number of benzene rings is 2. The maximum Gasteiger partial charge on any atom is 0.271 e. The summed E-state index contributed by atoms with van der Waals surface area (Å²) in [5.41, 5.74) is 1.57. The van der Waals surface area contributed by atoms with Gasteiger partial charge in [-0.1, -0.05) is 42.5 Å². The minimum absolute atomic E-state index is 0.0336. The van der Waals surface area contributed by atoms with E-state index in [-0.39, 0.29) is 18.1 Å². The van der Waals surface area contributed by atoms with Crippen LogP contribution in [-0.4, -0.2) is 17.4 Å². The number of carbonyl (C=O) groups is 1. The predicted molar refractivity (Wildman–Crippen MR) is 107 cm³/mol. The van der Waals surface area contributed by atoms with E-state index in [1.807, 2.05) is 47.8 Å². The summed E-state index contributed by atoms with van der Waals surface area (Å²) in [5.74, 6) is -0.139. The van der Waals surface area contributed by atoms with Gasteiger partial charge in [0.1, 0.15) is 0 Å². The Bertz CT molecular complexity index is 898. The summed E-state index contributed by atoms with van der Waals surface area (Å²) in [7, 11) is 0. The Balaban J connectivity index is 1.73. The Kier molecular flexibility index (Phi) is 6.30. The first-order valence-electron chi connectivity index (χ1n) is 8.45. The molecule has 138 valence electrons. The second kappa shape index (κ2) is 9.07. The van der Waals surface area contributed by atoms with E-state index in [0.717, 1.165) is 10.4 Å². The summed E-state index contributed by atoms with van der Waals surface area (Å²) in [6.07, 6.45) is 0. The molecule has 0 spiro atoms. The zero-order chi connectivity index (χ0) is 19.1. The van der Waals surface area contributed by atoms with Crippen LogP contribution in [0.2, 0.25) is 0 Å². The van der Waals surface area contributed by atoms with E-state index in [1.54, 1.807) is 28.4 Å². The van der Waals surface area contributed by atoms with Crippen molar-refractivity contribution in [1.82, 2.24) is 5.32 Å². The lowest BCUT2D eigenvalue weighted by atomic mass is 10.2. The van der Waals surface area contributed by atoms with Crippen LogP contribution < -0.4 is 10.2 Å². The smallest absolute Gasteiger partial charge is 0.271 e. The molecule has 0 aliphatic heterocycles. The third-order valence-corrected chi connectivity index (χ3v) is 4.86. The molecule has 0 bridgehead atoms. The van der Waals surface area contributed by atoms with Crippen molar-refractivity contribution in [3.8, 4) is 0 Å². The SMILES string of the molecule is O=C(CNCc1ccccc1)N(Cc1cccs1)c1cccc([N+](=O)[O-])c1. The standard InChI is InChI=1S/C20H19N3O3S/c24-20(14-21-13-16-6-2-1-3-7-16)22(15-19-10-5-11-27-19)17-8-4-9-18(12-17)23(25)26/h1-12,21H,13-15H2. The zero-order valence-corrected chi connectivity index (χ0v) is 15.4. The molecule has 0 fully saturated rings.